The lowest BCUT2D eigenvalue weighted by Gasteiger charge is -2.44. The number of morpholine rings is 1. The highest BCUT2D eigenvalue weighted by Crippen LogP contribution is 2.32. The predicted octanol–water partition coefficient (Wildman–Crippen LogP) is 1.40. The molecule has 2 saturated heterocycles. The number of nitrogens with zero attached hydrogens (tertiary/aromatic N) is 1. The largest absolute Gasteiger partial charge is 0.463 e. The molecule has 3 rings (SSSR count). The summed E-state index contributed by atoms with van der Waals surface area (Å²) in [6.07, 6.45) is -7.12. The van der Waals surface area contributed by atoms with Gasteiger partial charge in [-0.3, -0.25) is 24.0 Å². The Morgan fingerprint density at radius 1 is 0.775 bits per heavy atom. The molecule has 0 saturated carbocycles. The molecule has 0 aromatic heterocycles. The Morgan fingerprint density at radius 2 is 1.32 bits per heavy atom. The van der Waals surface area contributed by atoms with E-state index in [9.17, 15) is 24.0 Å². The quantitative estimate of drug-likeness (QED) is 0.331. The molecule has 13 heteroatoms. The zero-order valence-corrected chi connectivity index (χ0v) is 23.3. The normalized spacial score (nSPS) is 28.1. The second-order valence-corrected chi connectivity index (χ2v) is 9.65. The lowest BCUT2D eigenvalue weighted by atomic mass is 9.98. The van der Waals surface area contributed by atoms with E-state index in [0.717, 1.165) is 20.8 Å². The number of carbonyl (C=O) groups is 5. The molecule has 13 nitrogen and oxygen atoms in total. The molecule has 2 aliphatic rings. The summed E-state index contributed by atoms with van der Waals surface area (Å²) in [5.74, 6) is -3.14. The smallest absolute Gasteiger partial charge is 0.303 e. The van der Waals surface area contributed by atoms with Crippen molar-refractivity contribution in [3.8, 4) is 5.75 Å². The van der Waals surface area contributed by atoms with Gasteiger partial charge in [-0.25, -0.2) is 0 Å². The Bertz CT molecular complexity index is 1100. The minimum Gasteiger partial charge on any atom is -0.463 e. The molecular weight excluding hydrogens is 530 g/mol. The summed E-state index contributed by atoms with van der Waals surface area (Å²) in [7, 11) is 0. The van der Waals surface area contributed by atoms with Crippen LogP contribution in [0.5, 0.6) is 5.75 Å². The maximum atomic E-state index is 13.5. The lowest BCUT2D eigenvalue weighted by molar-refractivity contribution is -0.288. The summed E-state index contributed by atoms with van der Waals surface area (Å²) < 4.78 is 39.2. The minimum atomic E-state index is -1.46. The summed E-state index contributed by atoms with van der Waals surface area (Å²) in [5.41, 5.74) is 0.205. The van der Waals surface area contributed by atoms with Crippen LogP contribution in [-0.2, 0) is 47.6 Å². The molecule has 1 amide bonds. The number of para-hydroxylation sites is 1. The Hall–Kier alpha value is -3.71. The van der Waals surface area contributed by atoms with Crippen molar-refractivity contribution in [1.29, 1.82) is 0 Å². The van der Waals surface area contributed by atoms with Gasteiger partial charge in [-0.2, -0.15) is 0 Å². The van der Waals surface area contributed by atoms with Gasteiger partial charge in [-0.1, -0.05) is 12.1 Å². The molecule has 220 valence electrons. The van der Waals surface area contributed by atoms with Crippen molar-refractivity contribution in [2.24, 2.45) is 0 Å². The molecule has 2 heterocycles. The molecule has 7 unspecified atom stereocenters. The van der Waals surface area contributed by atoms with Crippen molar-refractivity contribution in [3.63, 3.8) is 0 Å². The number of carbonyl (C=O) groups excluding carboxylic acids is 5. The molecule has 7 atom stereocenters. The van der Waals surface area contributed by atoms with Crippen molar-refractivity contribution in [2.75, 3.05) is 19.7 Å². The fourth-order valence-corrected chi connectivity index (χ4v) is 4.67. The van der Waals surface area contributed by atoms with E-state index in [4.69, 9.17) is 33.2 Å². The van der Waals surface area contributed by atoms with Crippen LogP contribution in [-0.4, -0.2) is 97.3 Å². The van der Waals surface area contributed by atoms with Gasteiger partial charge in [0.15, 0.2) is 12.2 Å². The summed E-state index contributed by atoms with van der Waals surface area (Å²) >= 11 is 0. The van der Waals surface area contributed by atoms with E-state index < -0.39 is 61.2 Å². The lowest BCUT2D eigenvalue weighted by Crippen LogP contribution is -2.63. The topological polar surface area (TPSA) is 153 Å². The average Bonchev–Trinajstić information content (AvgIpc) is 2.85. The zero-order valence-electron chi connectivity index (χ0n) is 23.3. The third-order valence-corrected chi connectivity index (χ3v) is 6.02. The molecule has 0 aliphatic carbocycles. The van der Waals surface area contributed by atoms with Crippen LogP contribution in [0.15, 0.2) is 24.3 Å². The number of rotatable bonds is 8. The van der Waals surface area contributed by atoms with Crippen LogP contribution < -0.4 is 4.74 Å². The first-order valence-electron chi connectivity index (χ1n) is 12.9. The van der Waals surface area contributed by atoms with E-state index in [0.29, 0.717) is 13.1 Å². The maximum absolute atomic E-state index is 13.5. The van der Waals surface area contributed by atoms with Crippen molar-refractivity contribution in [1.82, 2.24) is 4.90 Å². The highest BCUT2D eigenvalue weighted by atomic mass is 16.7. The molecule has 2 aliphatic heterocycles. The van der Waals surface area contributed by atoms with Gasteiger partial charge >= 0.3 is 23.9 Å². The molecule has 1 aromatic carbocycles. The summed E-state index contributed by atoms with van der Waals surface area (Å²) in [6, 6.07) is 6.42. The number of hydrogen-bond acceptors (Lipinski definition) is 12. The Balaban J connectivity index is 1.99. The Kier molecular flexibility index (Phi) is 10.5. The van der Waals surface area contributed by atoms with Crippen molar-refractivity contribution in [3.05, 3.63) is 29.8 Å². The van der Waals surface area contributed by atoms with Gasteiger partial charge in [-0.05, 0) is 26.0 Å². The van der Waals surface area contributed by atoms with E-state index in [-0.39, 0.29) is 29.4 Å². The first-order valence-corrected chi connectivity index (χ1v) is 12.9. The van der Waals surface area contributed by atoms with Crippen molar-refractivity contribution >= 4 is 29.8 Å². The fraction of sp³-hybridized carbons (Fsp3) is 0.593. The van der Waals surface area contributed by atoms with Crippen LogP contribution in [0.4, 0.5) is 0 Å². The van der Waals surface area contributed by atoms with Crippen LogP contribution >= 0.6 is 0 Å². The van der Waals surface area contributed by atoms with Gasteiger partial charge in [0.25, 0.3) is 5.91 Å². The maximum Gasteiger partial charge on any atom is 0.303 e. The zero-order chi connectivity index (χ0) is 29.6. The third kappa shape index (κ3) is 8.15. The molecule has 2 fully saturated rings. The number of hydrogen-bond donors (Lipinski definition) is 0. The molecule has 0 N–H and O–H groups in total. The van der Waals surface area contributed by atoms with Crippen LogP contribution in [0.25, 0.3) is 0 Å². The molecule has 0 spiro atoms. The number of benzene rings is 1. The van der Waals surface area contributed by atoms with E-state index in [1.165, 1.54) is 13.0 Å². The van der Waals surface area contributed by atoms with Gasteiger partial charge in [0.1, 0.15) is 18.5 Å². The fourth-order valence-electron chi connectivity index (χ4n) is 4.67. The molecule has 1 aromatic rings. The summed E-state index contributed by atoms with van der Waals surface area (Å²) in [5, 5.41) is 0. The van der Waals surface area contributed by atoms with Gasteiger partial charge < -0.3 is 38.1 Å². The number of amides is 1. The van der Waals surface area contributed by atoms with Gasteiger partial charge in [0, 0.05) is 40.8 Å². The van der Waals surface area contributed by atoms with E-state index >= 15 is 0 Å². The average molecular weight is 566 g/mol. The van der Waals surface area contributed by atoms with Gasteiger partial charge in [-0.15, -0.1) is 0 Å². The van der Waals surface area contributed by atoms with Gasteiger partial charge in [0.05, 0.1) is 17.8 Å². The highest BCUT2D eigenvalue weighted by Gasteiger charge is 2.53. The van der Waals surface area contributed by atoms with E-state index in [1.807, 2.05) is 13.8 Å². The summed E-state index contributed by atoms with van der Waals surface area (Å²) in [6.45, 7) is 8.65. The second kappa shape index (κ2) is 13.6. The molecule has 0 bridgehead atoms. The van der Waals surface area contributed by atoms with Gasteiger partial charge in [0.2, 0.25) is 12.4 Å². The van der Waals surface area contributed by atoms with Crippen molar-refractivity contribution < 1.29 is 57.1 Å². The van der Waals surface area contributed by atoms with E-state index in [1.54, 1.807) is 23.1 Å². The number of esters is 4. The Labute approximate surface area is 231 Å². The highest BCUT2D eigenvalue weighted by molar-refractivity contribution is 5.97. The first-order chi connectivity index (χ1) is 18.8. The van der Waals surface area contributed by atoms with E-state index in [2.05, 4.69) is 0 Å². The minimum absolute atomic E-state index is 0.0974. The predicted molar refractivity (Wildman–Crippen MR) is 135 cm³/mol. The van der Waals surface area contributed by atoms with Crippen LogP contribution in [0.1, 0.15) is 51.9 Å². The van der Waals surface area contributed by atoms with Crippen molar-refractivity contribution in [2.45, 2.75) is 84.5 Å². The number of ether oxygens (including phenoxy) is 7. The van der Waals surface area contributed by atoms with Crippen LogP contribution in [0, 0.1) is 0 Å². The monoisotopic (exact) mass is 565 g/mol. The second-order valence-electron chi connectivity index (χ2n) is 9.65. The first kappa shape index (κ1) is 30.8. The standard InChI is InChI=1S/C27H35NO12/c1-14-11-28(12-15(2)35-14)26(33)20-9-7-8-10-21(20)39-27-25(38-19(6)32)24(37-18(5)31)23(36-17(4)30)22(40-27)13-34-16(3)29/h7-10,14-15,22-25,27H,11-13H2,1-6H3. The SMILES string of the molecule is CC(=O)OCC1OC(Oc2ccccc2C(=O)N2CC(C)OC(C)C2)C(OC(C)=O)C(OC(C)=O)C1OC(C)=O. The van der Waals surface area contributed by atoms with Crippen LogP contribution in [0.3, 0.4) is 0 Å². The summed E-state index contributed by atoms with van der Waals surface area (Å²) in [4.78, 5) is 62.8. The van der Waals surface area contributed by atoms with Crippen LogP contribution in [0.2, 0.25) is 0 Å². The molecule has 40 heavy (non-hydrogen) atoms. The molecular formula is C27H35NO12. The third-order valence-electron chi connectivity index (χ3n) is 6.02. The Morgan fingerprint density at radius 3 is 1.90 bits per heavy atom. The molecule has 0 radical (unpaired) electrons.